The summed E-state index contributed by atoms with van der Waals surface area (Å²) >= 11 is 0. The fourth-order valence-electron chi connectivity index (χ4n) is 7.78. The van der Waals surface area contributed by atoms with Gasteiger partial charge in [-0.25, -0.2) is 4.57 Å². The van der Waals surface area contributed by atoms with E-state index in [1.807, 2.05) is 0 Å². The van der Waals surface area contributed by atoms with Crippen LogP contribution in [0.5, 0.6) is 0 Å². The summed E-state index contributed by atoms with van der Waals surface area (Å²) in [5.41, 5.74) is 0. The zero-order chi connectivity index (χ0) is 49.8. The summed E-state index contributed by atoms with van der Waals surface area (Å²) in [5.74, 6) is -0.494. The summed E-state index contributed by atoms with van der Waals surface area (Å²) in [6, 6.07) is 0. The van der Waals surface area contributed by atoms with E-state index in [1.165, 1.54) is 83.5 Å². The van der Waals surface area contributed by atoms with E-state index < -0.39 is 63.1 Å². The summed E-state index contributed by atoms with van der Waals surface area (Å²) in [6.45, 7) is 4.20. The molecule has 1 saturated carbocycles. The van der Waals surface area contributed by atoms with Gasteiger partial charge in [-0.05, 0) is 89.9 Å². The Morgan fingerprint density at radius 1 is 0.471 bits per heavy atom. The minimum Gasteiger partial charge on any atom is -0.457 e. The van der Waals surface area contributed by atoms with Crippen LogP contribution in [0.1, 0.15) is 206 Å². The SMILES string of the molecule is CCCCC/C=C\C/C=C\C/C=C\CCCCCCCCCOCC(COP(=O)(O)OC1C(O)C(O)C(O)C(O)C1O)OC(=O)CCCCCCCC/C=C\C/C=C\C/C=C\CCCCCCC. The normalized spacial score (nSPS) is 21.7. The molecule has 6 atom stereocenters. The smallest absolute Gasteiger partial charge is 0.457 e. The maximum absolute atomic E-state index is 12.9. The van der Waals surface area contributed by atoms with Gasteiger partial charge < -0.3 is 39.9 Å². The van der Waals surface area contributed by atoms with Crippen molar-refractivity contribution in [1.82, 2.24) is 0 Å². The summed E-state index contributed by atoms with van der Waals surface area (Å²) < 4.78 is 34.3. The van der Waals surface area contributed by atoms with Crippen molar-refractivity contribution in [1.29, 1.82) is 0 Å². The van der Waals surface area contributed by atoms with E-state index in [2.05, 4.69) is 86.8 Å². The van der Waals surface area contributed by atoms with Crippen LogP contribution in [0.15, 0.2) is 72.9 Å². The van der Waals surface area contributed by atoms with Crippen molar-refractivity contribution in [3.05, 3.63) is 72.9 Å². The van der Waals surface area contributed by atoms with Crippen LogP contribution >= 0.6 is 7.82 Å². The molecular weight excluding hydrogens is 884 g/mol. The second-order valence-corrected chi connectivity index (χ2v) is 19.8. The Bertz CT molecular complexity index is 1400. The van der Waals surface area contributed by atoms with Crippen molar-refractivity contribution in [3.63, 3.8) is 0 Å². The first-order valence-electron chi connectivity index (χ1n) is 26.8. The van der Waals surface area contributed by atoms with Gasteiger partial charge >= 0.3 is 13.8 Å². The molecule has 0 aromatic carbocycles. The minimum atomic E-state index is -5.04. The zero-order valence-corrected chi connectivity index (χ0v) is 43.3. The highest BCUT2D eigenvalue weighted by Crippen LogP contribution is 2.47. The Kier molecular flexibility index (Phi) is 41.9. The highest BCUT2D eigenvalue weighted by Gasteiger charge is 2.51. The molecule has 68 heavy (non-hydrogen) atoms. The molecule has 0 aliphatic heterocycles. The van der Waals surface area contributed by atoms with E-state index in [-0.39, 0.29) is 13.0 Å². The molecular formula is C55H97O12P. The van der Waals surface area contributed by atoms with Crippen LogP contribution in [0.3, 0.4) is 0 Å². The quantitative estimate of drug-likeness (QED) is 0.0147. The molecule has 0 amide bonds. The van der Waals surface area contributed by atoms with Crippen molar-refractivity contribution < 1.29 is 58.3 Å². The largest absolute Gasteiger partial charge is 0.472 e. The Labute approximate surface area is 412 Å². The second kappa shape index (κ2) is 44.7. The predicted octanol–water partition coefficient (Wildman–Crippen LogP) is 12.3. The number of ether oxygens (including phenoxy) is 2. The molecule has 0 bridgehead atoms. The second-order valence-electron chi connectivity index (χ2n) is 18.4. The first-order valence-corrected chi connectivity index (χ1v) is 28.3. The van der Waals surface area contributed by atoms with Crippen LogP contribution in [0.4, 0.5) is 0 Å². The first-order chi connectivity index (χ1) is 33.0. The molecule has 394 valence electrons. The third kappa shape index (κ3) is 35.8. The number of rotatable bonds is 45. The van der Waals surface area contributed by atoms with Gasteiger partial charge in [0.15, 0.2) is 0 Å². The van der Waals surface area contributed by atoms with Gasteiger partial charge in [0.25, 0.3) is 0 Å². The fraction of sp³-hybridized carbons (Fsp3) is 0.764. The van der Waals surface area contributed by atoms with Crippen molar-refractivity contribution >= 4 is 13.8 Å². The monoisotopic (exact) mass is 981 g/mol. The number of phosphoric acid groups is 1. The molecule has 1 rings (SSSR count). The molecule has 6 unspecified atom stereocenters. The average Bonchev–Trinajstić information content (AvgIpc) is 3.32. The third-order valence-corrected chi connectivity index (χ3v) is 13.0. The standard InChI is InChI=1S/C55H97O12P/c1-3-5-7-9-11-13-15-17-19-21-23-25-26-28-30-32-34-36-38-40-42-44-49(56)66-48(47-65-68(62,63)67-55-53(60)51(58)50(57)52(59)54(55)61)46-64-45-43-41-39-37-35-33-31-29-27-24-22-20-18-16-14-12-10-8-6-4-2/h12,14-15,17-18,20-21,23-24,26-28,48,50-55,57-61H,3-11,13,16,19,22,25,29-47H2,1-2H3,(H,62,63)/b14-12-,17-15-,20-18-,23-21-,27-24-,28-26-. The number of hydrogen-bond acceptors (Lipinski definition) is 11. The van der Waals surface area contributed by atoms with Gasteiger partial charge in [-0.1, -0.05) is 183 Å². The van der Waals surface area contributed by atoms with E-state index in [1.54, 1.807) is 0 Å². The van der Waals surface area contributed by atoms with E-state index in [9.17, 15) is 39.8 Å². The van der Waals surface area contributed by atoms with Crippen LogP contribution < -0.4 is 0 Å². The number of aliphatic hydroxyl groups excluding tert-OH is 5. The predicted molar refractivity (Wildman–Crippen MR) is 276 cm³/mol. The van der Waals surface area contributed by atoms with Gasteiger partial charge in [0.2, 0.25) is 0 Å². The van der Waals surface area contributed by atoms with Gasteiger partial charge in [0.1, 0.15) is 42.7 Å². The van der Waals surface area contributed by atoms with Crippen molar-refractivity contribution in [2.45, 2.75) is 249 Å². The van der Waals surface area contributed by atoms with Gasteiger partial charge in [-0.3, -0.25) is 13.8 Å². The van der Waals surface area contributed by atoms with Gasteiger partial charge in [0.05, 0.1) is 13.2 Å². The van der Waals surface area contributed by atoms with Gasteiger partial charge in [-0.2, -0.15) is 0 Å². The summed E-state index contributed by atoms with van der Waals surface area (Å²) in [4.78, 5) is 23.3. The number of carbonyl (C=O) groups is 1. The topological polar surface area (TPSA) is 192 Å². The van der Waals surface area contributed by atoms with Crippen LogP contribution in [-0.2, 0) is 27.9 Å². The van der Waals surface area contributed by atoms with Crippen molar-refractivity contribution in [2.24, 2.45) is 0 Å². The Balaban J connectivity index is 2.36. The molecule has 0 aromatic rings. The van der Waals surface area contributed by atoms with E-state index >= 15 is 0 Å². The lowest BCUT2D eigenvalue weighted by atomic mass is 9.85. The Hall–Kier alpha value is -2.22. The van der Waals surface area contributed by atoms with Crippen molar-refractivity contribution in [2.75, 3.05) is 19.8 Å². The molecule has 12 nitrogen and oxygen atoms in total. The number of phosphoric ester groups is 1. The molecule has 0 spiro atoms. The number of unbranched alkanes of at least 4 members (excludes halogenated alkanes) is 21. The van der Waals surface area contributed by atoms with Gasteiger partial charge in [-0.15, -0.1) is 0 Å². The molecule has 13 heteroatoms. The van der Waals surface area contributed by atoms with Crippen LogP contribution in [0, 0.1) is 0 Å². The highest BCUT2D eigenvalue weighted by atomic mass is 31.2. The molecule has 0 radical (unpaired) electrons. The maximum Gasteiger partial charge on any atom is 0.472 e. The van der Waals surface area contributed by atoms with E-state index in [0.29, 0.717) is 13.0 Å². The number of carbonyl (C=O) groups excluding carboxylic acids is 1. The summed E-state index contributed by atoms with van der Waals surface area (Å²) in [5, 5.41) is 50.4. The molecule has 0 saturated heterocycles. The number of esters is 1. The molecule has 1 fully saturated rings. The Morgan fingerprint density at radius 3 is 1.28 bits per heavy atom. The lowest BCUT2D eigenvalue weighted by Gasteiger charge is -2.41. The third-order valence-electron chi connectivity index (χ3n) is 12.1. The number of hydrogen-bond donors (Lipinski definition) is 6. The van der Waals surface area contributed by atoms with E-state index in [0.717, 1.165) is 96.3 Å². The molecule has 1 aliphatic carbocycles. The molecule has 6 N–H and O–H groups in total. The lowest BCUT2D eigenvalue weighted by molar-refractivity contribution is -0.220. The Morgan fingerprint density at radius 2 is 0.824 bits per heavy atom. The first kappa shape index (κ1) is 63.8. The molecule has 1 aliphatic rings. The maximum atomic E-state index is 12.9. The van der Waals surface area contributed by atoms with E-state index in [4.69, 9.17) is 18.5 Å². The van der Waals surface area contributed by atoms with Crippen LogP contribution in [0.2, 0.25) is 0 Å². The highest BCUT2D eigenvalue weighted by molar-refractivity contribution is 7.47. The summed E-state index contributed by atoms with van der Waals surface area (Å²) in [6.07, 6.45) is 46.7. The molecule has 0 heterocycles. The number of aliphatic hydroxyl groups is 5. The van der Waals surface area contributed by atoms with Crippen molar-refractivity contribution in [3.8, 4) is 0 Å². The zero-order valence-electron chi connectivity index (χ0n) is 42.4. The van der Waals surface area contributed by atoms with Crippen LogP contribution in [-0.4, -0.2) is 98.9 Å². The average molecular weight is 981 g/mol. The number of allylic oxidation sites excluding steroid dienone is 12. The van der Waals surface area contributed by atoms with Crippen LogP contribution in [0.25, 0.3) is 0 Å². The summed E-state index contributed by atoms with van der Waals surface area (Å²) in [7, 11) is -5.04. The minimum absolute atomic E-state index is 0.0924. The fourth-order valence-corrected chi connectivity index (χ4v) is 8.75. The van der Waals surface area contributed by atoms with Gasteiger partial charge in [0, 0.05) is 13.0 Å². The lowest BCUT2D eigenvalue weighted by Crippen LogP contribution is -2.64. The molecule has 0 aromatic heterocycles.